The van der Waals surface area contributed by atoms with Crippen molar-refractivity contribution in [3.05, 3.63) is 11.8 Å². The number of alkyl halides is 3. The molecule has 0 aromatic carbocycles. The van der Waals surface area contributed by atoms with Crippen LogP contribution in [0.4, 0.5) is 19.0 Å². The fraction of sp³-hybridized carbons (Fsp3) is 0.556. The quantitative estimate of drug-likeness (QED) is 0.825. The number of nitrogens with one attached hydrogen (secondary N) is 2. The van der Waals surface area contributed by atoms with E-state index < -0.39 is 11.6 Å². The van der Waals surface area contributed by atoms with Crippen LogP contribution in [0.1, 0.15) is 26.5 Å². The fourth-order valence-corrected chi connectivity index (χ4v) is 1.04. The van der Waals surface area contributed by atoms with Crippen LogP contribution in [0.25, 0.3) is 0 Å². The van der Waals surface area contributed by atoms with Gasteiger partial charge in [-0.1, -0.05) is 0 Å². The number of amides is 1. The highest BCUT2D eigenvalue weighted by atomic mass is 19.4. The summed E-state index contributed by atoms with van der Waals surface area (Å²) in [5.41, 5.74) is -2.12. The molecule has 16 heavy (non-hydrogen) atoms. The van der Waals surface area contributed by atoms with Crippen LogP contribution in [0, 0.1) is 0 Å². The lowest BCUT2D eigenvalue weighted by Crippen LogP contribution is -2.36. The molecule has 0 bridgehead atoms. The van der Waals surface area contributed by atoms with E-state index in [1.54, 1.807) is 0 Å². The summed E-state index contributed by atoms with van der Waals surface area (Å²) in [5.74, 6) is -0.303. The maximum Gasteiger partial charge on any atom is 0.399 e. The minimum Gasteiger partial charge on any atom is -0.309 e. The summed E-state index contributed by atoms with van der Waals surface area (Å²) in [4.78, 5) is 10.7. The molecule has 2 N–H and O–H groups in total. The molecule has 0 aliphatic rings. The molecule has 0 aliphatic carbocycles. The zero-order chi connectivity index (χ0) is 12.6. The van der Waals surface area contributed by atoms with E-state index in [0.29, 0.717) is 0 Å². The summed E-state index contributed by atoms with van der Waals surface area (Å²) in [7, 11) is 0. The predicted octanol–water partition coefficient (Wildman–Crippen LogP) is 2.21. The van der Waals surface area contributed by atoms with E-state index in [0.717, 1.165) is 13.8 Å². The van der Waals surface area contributed by atoms with Gasteiger partial charge in [-0.05, 0) is 13.8 Å². The monoisotopic (exact) mass is 235 g/mol. The van der Waals surface area contributed by atoms with Gasteiger partial charge in [0.25, 0.3) is 0 Å². The summed E-state index contributed by atoms with van der Waals surface area (Å²) in [6, 6.07) is 1.18. The number of carbonyl (C=O) groups excluding carboxylic acids is 1. The van der Waals surface area contributed by atoms with Crippen LogP contribution in [0.3, 0.4) is 0 Å². The molecule has 1 aromatic rings. The highest BCUT2D eigenvalue weighted by molar-refractivity contribution is 5.87. The van der Waals surface area contributed by atoms with Crippen molar-refractivity contribution in [3.8, 4) is 0 Å². The van der Waals surface area contributed by atoms with Crippen LogP contribution >= 0.6 is 0 Å². The van der Waals surface area contributed by atoms with Crippen molar-refractivity contribution in [3.63, 3.8) is 0 Å². The number of halogens is 3. The average molecular weight is 235 g/mol. The van der Waals surface area contributed by atoms with E-state index in [2.05, 4.69) is 15.5 Å². The van der Waals surface area contributed by atoms with Gasteiger partial charge in [-0.3, -0.25) is 9.89 Å². The van der Waals surface area contributed by atoms with Crippen molar-refractivity contribution in [1.82, 2.24) is 10.2 Å². The Morgan fingerprint density at radius 2 is 2.00 bits per heavy atom. The number of H-pyrrole nitrogens is 1. The first-order valence-corrected chi connectivity index (χ1v) is 4.55. The minimum absolute atomic E-state index is 0.0832. The molecule has 0 fully saturated rings. The van der Waals surface area contributed by atoms with Crippen molar-refractivity contribution >= 4 is 11.7 Å². The molecular weight excluding hydrogens is 223 g/mol. The molecule has 0 atom stereocenters. The zero-order valence-corrected chi connectivity index (χ0v) is 9.07. The molecule has 0 aliphatic heterocycles. The molecule has 1 amide bonds. The molecule has 90 valence electrons. The van der Waals surface area contributed by atoms with Gasteiger partial charge < -0.3 is 5.32 Å². The molecule has 0 saturated carbocycles. The van der Waals surface area contributed by atoms with E-state index >= 15 is 0 Å². The van der Waals surface area contributed by atoms with E-state index in [9.17, 15) is 18.0 Å². The second-order valence-electron chi connectivity index (χ2n) is 3.97. The number of aromatic nitrogens is 2. The lowest BCUT2D eigenvalue weighted by molar-refractivity contribution is -0.181. The maximum atomic E-state index is 12.7. The molecule has 0 spiro atoms. The Morgan fingerprint density at radius 1 is 1.44 bits per heavy atom. The fourth-order valence-electron chi connectivity index (χ4n) is 1.04. The Labute approximate surface area is 90.2 Å². The van der Waals surface area contributed by atoms with E-state index in [4.69, 9.17) is 0 Å². The Morgan fingerprint density at radius 3 is 2.44 bits per heavy atom. The van der Waals surface area contributed by atoms with Crippen molar-refractivity contribution in [1.29, 1.82) is 0 Å². The first-order valence-electron chi connectivity index (χ1n) is 4.55. The van der Waals surface area contributed by atoms with E-state index in [-0.39, 0.29) is 17.4 Å². The van der Waals surface area contributed by atoms with Gasteiger partial charge in [-0.15, -0.1) is 0 Å². The second kappa shape index (κ2) is 3.80. The van der Waals surface area contributed by atoms with Gasteiger partial charge in [0.1, 0.15) is 5.41 Å². The largest absolute Gasteiger partial charge is 0.399 e. The molecule has 4 nitrogen and oxygen atoms in total. The summed E-state index contributed by atoms with van der Waals surface area (Å²) in [6.45, 7) is 3.33. The van der Waals surface area contributed by atoms with Crippen molar-refractivity contribution < 1.29 is 18.0 Å². The van der Waals surface area contributed by atoms with Gasteiger partial charge >= 0.3 is 6.18 Å². The molecule has 1 rings (SSSR count). The third-order valence-electron chi connectivity index (χ3n) is 2.26. The van der Waals surface area contributed by atoms with E-state index in [1.165, 1.54) is 13.0 Å². The first kappa shape index (κ1) is 12.5. The maximum absolute atomic E-state index is 12.7. The van der Waals surface area contributed by atoms with Crippen LogP contribution in [0.2, 0.25) is 0 Å². The number of aromatic amines is 1. The molecular formula is C9H12F3N3O. The summed E-state index contributed by atoms with van der Waals surface area (Å²) in [6.07, 6.45) is -4.38. The Kier molecular flexibility index (Phi) is 2.98. The number of hydrogen-bond donors (Lipinski definition) is 2. The summed E-state index contributed by atoms with van der Waals surface area (Å²) >= 11 is 0. The van der Waals surface area contributed by atoms with Crippen LogP contribution < -0.4 is 5.32 Å². The average Bonchev–Trinajstić information content (AvgIpc) is 2.49. The minimum atomic E-state index is -4.38. The molecule has 1 aromatic heterocycles. The molecule has 0 saturated heterocycles. The third-order valence-corrected chi connectivity index (χ3v) is 2.26. The first-order chi connectivity index (χ1) is 7.14. The summed E-state index contributed by atoms with van der Waals surface area (Å²) < 4.78 is 38.0. The predicted molar refractivity (Wildman–Crippen MR) is 52.0 cm³/mol. The van der Waals surface area contributed by atoms with Crippen LogP contribution in [-0.4, -0.2) is 22.3 Å². The highest BCUT2D eigenvalue weighted by Crippen LogP contribution is 2.39. The Hall–Kier alpha value is -1.53. The van der Waals surface area contributed by atoms with Crippen LogP contribution in [-0.2, 0) is 10.2 Å². The number of anilines is 1. The molecule has 0 radical (unpaired) electrons. The highest BCUT2D eigenvalue weighted by Gasteiger charge is 2.49. The zero-order valence-electron chi connectivity index (χ0n) is 9.07. The smallest absolute Gasteiger partial charge is 0.309 e. The summed E-state index contributed by atoms with van der Waals surface area (Å²) in [5, 5.41) is 8.15. The van der Waals surface area contributed by atoms with Gasteiger partial charge in [-0.25, -0.2) is 0 Å². The lowest BCUT2D eigenvalue weighted by atomic mass is 9.89. The Bertz CT molecular complexity index is 395. The standard InChI is InChI=1S/C9H12F3N3O/c1-5(16)13-7-4-6(14-15-7)8(2,3)9(10,11)12/h4H,1-3H3,(H2,13,14,15,16). The van der Waals surface area contributed by atoms with Crippen LogP contribution in [0.5, 0.6) is 0 Å². The van der Waals surface area contributed by atoms with Crippen molar-refractivity contribution in [2.24, 2.45) is 0 Å². The molecule has 7 heteroatoms. The number of carbonyl (C=O) groups is 1. The lowest BCUT2D eigenvalue weighted by Gasteiger charge is -2.25. The number of nitrogens with zero attached hydrogens (tertiary/aromatic N) is 1. The van der Waals surface area contributed by atoms with Gasteiger partial charge in [0, 0.05) is 13.0 Å². The molecule has 0 unspecified atom stereocenters. The number of hydrogen-bond acceptors (Lipinski definition) is 2. The topological polar surface area (TPSA) is 57.8 Å². The Balaban J connectivity index is 2.98. The SMILES string of the molecule is CC(=O)Nc1cc(C(C)(C)C(F)(F)F)[nH]n1. The van der Waals surface area contributed by atoms with Gasteiger partial charge in [0.15, 0.2) is 5.82 Å². The number of rotatable bonds is 2. The van der Waals surface area contributed by atoms with Crippen molar-refractivity contribution in [2.45, 2.75) is 32.4 Å². The third kappa shape index (κ3) is 2.34. The van der Waals surface area contributed by atoms with E-state index in [1.807, 2.05) is 0 Å². The second-order valence-corrected chi connectivity index (χ2v) is 3.97. The van der Waals surface area contributed by atoms with Gasteiger partial charge in [-0.2, -0.15) is 18.3 Å². The molecule has 1 heterocycles. The van der Waals surface area contributed by atoms with Gasteiger partial charge in [0.2, 0.25) is 5.91 Å². The van der Waals surface area contributed by atoms with Crippen LogP contribution in [0.15, 0.2) is 6.07 Å². The normalized spacial score (nSPS) is 12.6. The van der Waals surface area contributed by atoms with Crippen molar-refractivity contribution in [2.75, 3.05) is 5.32 Å². The van der Waals surface area contributed by atoms with Gasteiger partial charge in [0.05, 0.1) is 5.69 Å².